The van der Waals surface area contributed by atoms with E-state index in [1.54, 1.807) is 20.8 Å². The molecule has 0 saturated carbocycles. The molecule has 8 nitrogen and oxygen atoms in total. The standard InChI is InChI=1S/C25H43N5O3/c1-24(2,3)18-26-12-13-29-22(32)20(16-19-10-8-7-9-11-19)27-14-15-28-21(31)17-30-23(33)25(4,5)6/h7-11,20,26-27H,12-18H2,1-6H3,(H,28,31)(H,29,32)(H,30,33)/t20-/m0/s1. The molecule has 1 aromatic carbocycles. The van der Waals surface area contributed by atoms with Gasteiger partial charge in [-0.15, -0.1) is 0 Å². The van der Waals surface area contributed by atoms with Crippen LogP contribution < -0.4 is 26.6 Å². The van der Waals surface area contributed by atoms with E-state index in [0.29, 0.717) is 32.6 Å². The Morgan fingerprint density at radius 3 is 2.06 bits per heavy atom. The number of amides is 3. The summed E-state index contributed by atoms with van der Waals surface area (Å²) in [4.78, 5) is 36.6. The SMILES string of the molecule is CC(C)(C)CNCCNC(=O)[C@H](Cc1ccccc1)NCCNC(=O)CNC(=O)C(C)(C)C. The highest BCUT2D eigenvalue weighted by Gasteiger charge is 2.21. The minimum atomic E-state index is -0.540. The van der Waals surface area contributed by atoms with Gasteiger partial charge in [0.1, 0.15) is 0 Å². The molecule has 0 aromatic heterocycles. The third-order valence-electron chi connectivity index (χ3n) is 4.78. The van der Waals surface area contributed by atoms with E-state index in [4.69, 9.17) is 0 Å². The minimum Gasteiger partial charge on any atom is -0.353 e. The third-order valence-corrected chi connectivity index (χ3v) is 4.78. The second kappa shape index (κ2) is 14.0. The summed E-state index contributed by atoms with van der Waals surface area (Å²) in [5.41, 5.74) is 0.716. The summed E-state index contributed by atoms with van der Waals surface area (Å²) in [7, 11) is 0. The first kappa shape index (κ1) is 28.6. The van der Waals surface area contributed by atoms with Crippen molar-refractivity contribution in [1.29, 1.82) is 0 Å². The highest BCUT2D eigenvalue weighted by Crippen LogP contribution is 2.12. The fourth-order valence-electron chi connectivity index (χ4n) is 2.90. The van der Waals surface area contributed by atoms with Crippen LogP contribution in [0.2, 0.25) is 0 Å². The van der Waals surface area contributed by atoms with Gasteiger partial charge >= 0.3 is 0 Å². The molecular weight excluding hydrogens is 418 g/mol. The summed E-state index contributed by atoms with van der Waals surface area (Å²) in [6.07, 6.45) is 0.553. The van der Waals surface area contributed by atoms with Gasteiger partial charge in [0.2, 0.25) is 17.7 Å². The van der Waals surface area contributed by atoms with E-state index in [2.05, 4.69) is 47.4 Å². The maximum atomic E-state index is 12.8. The number of carbonyl (C=O) groups excluding carboxylic acids is 3. The van der Waals surface area contributed by atoms with Crippen molar-refractivity contribution in [2.45, 2.75) is 54.0 Å². The lowest BCUT2D eigenvalue weighted by atomic mass is 9.96. The molecule has 0 fully saturated rings. The Morgan fingerprint density at radius 2 is 1.45 bits per heavy atom. The van der Waals surface area contributed by atoms with Gasteiger partial charge in [-0.05, 0) is 17.4 Å². The molecule has 0 aliphatic rings. The fourth-order valence-corrected chi connectivity index (χ4v) is 2.90. The Balaban J connectivity index is 2.45. The normalized spacial score (nSPS) is 12.7. The number of hydrogen-bond acceptors (Lipinski definition) is 5. The summed E-state index contributed by atoms with van der Waals surface area (Å²) in [6, 6.07) is 9.42. The molecule has 0 radical (unpaired) electrons. The number of rotatable bonds is 13. The van der Waals surface area contributed by atoms with E-state index in [1.807, 2.05) is 30.3 Å². The van der Waals surface area contributed by atoms with Crippen molar-refractivity contribution in [2.75, 3.05) is 39.3 Å². The van der Waals surface area contributed by atoms with E-state index in [9.17, 15) is 14.4 Å². The summed E-state index contributed by atoms with van der Waals surface area (Å²) in [5.74, 6) is -0.504. The van der Waals surface area contributed by atoms with Crippen LogP contribution in [0.4, 0.5) is 0 Å². The summed E-state index contributed by atoms with van der Waals surface area (Å²) < 4.78 is 0. The Morgan fingerprint density at radius 1 is 0.818 bits per heavy atom. The van der Waals surface area contributed by atoms with Gasteiger partial charge in [-0.3, -0.25) is 14.4 Å². The van der Waals surface area contributed by atoms with Gasteiger partial charge < -0.3 is 26.6 Å². The van der Waals surface area contributed by atoms with Gasteiger partial charge in [0.25, 0.3) is 0 Å². The first-order valence-electron chi connectivity index (χ1n) is 11.7. The molecule has 186 valence electrons. The average molecular weight is 462 g/mol. The molecule has 0 aliphatic heterocycles. The lowest BCUT2D eigenvalue weighted by molar-refractivity contribution is -0.131. The van der Waals surface area contributed by atoms with Crippen molar-refractivity contribution in [2.24, 2.45) is 10.8 Å². The maximum Gasteiger partial charge on any atom is 0.239 e. The van der Waals surface area contributed by atoms with Crippen LogP contribution in [0.3, 0.4) is 0 Å². The van der Waals surface area contributed by atoms with E-state index >= 15 is 0 Å². The molecule has 5 N–H and O–H groups in total. The number of nitrogens with one attached hydrogen (secondary N) is 5. The summed E-state index contributed by atoms with van der Waals surface area (Å²) in [5, 5.41) is 15.0. The van der Waals surface area contributed by atoms with Gasteiger partial charge in [0, 0.05) is 38.1 Å². The Bertz CT molecular complexity index is 739. The Kier molecular flexibility index (Phi) is 12.1. The van der Waals surface area contributed by atoms with Gasteiger partial charge in [0.15, 0.2) is 0 Å². The Labute approximate surface area is 199 Å². The van der Waals surface area contributed by atoms with Gasteiger partial charge in [-0.25, -0.2) is 0 Å². The van der Waals surface area contributed by atoms with E-state index in [0.717, 1.165) is 12.1 Å². The second-order valence-electron chi connectivity index (χ2n) is 10.5. The van der Waals surface area contributed by atoms with Crippen LogP contribution in [-0.4, -0.2) is 63.0 Å². The molecule has 1 rings (SSSR count). The molecule has 0 spiro atoms. The predicted molar refractivity (Wildman–Crippen MR) is 133 cm³/mol. The summed E-state index contributed by atoms with van der Waals surface area (Å²) >= 11 is 0. The van der Waals surface area contributed by atoms with Crippen molar-refractivity contribution in [3.63, 3.8) is 0 Å². The molecule has 0 saturated heterocycles. The monoisotopic (exact) mass is 461 g/mol. The number of hydrogen-bond donors (Lipinski definition) is 5. The van der Waals surface area contributed by atoms with Gasteiger partial charge in [-0.2, -0.15) is 0 Å². The van der Waals surface area contributed by atoms with E-state index in [-0.39, 0.29) is 29.7 Å². The topological polar surface area (TPSA) is 111 Å². The first-order valence-corrected chi connectivity index (χ1v) is 11.7. The highest BCUT2D eigenvalue weighted by atomic mass is 16.2. The van der Waals surface area contributed by atoms with Crippen LogP contribution in [0.1, 0.15) is 47.1 Å². The zero-order chi connectivity index (χ0) is 24.9. The van der Waals surface area contributed by atoms with Crippen molar-refractivity contribution < 1.29 is 14.4 Å². The minimum absolute atomic E-state index is 0.0639. The highest BCUT2D eigenvalue weighted by molar-refractivity contribution is 5.87. The van der Waals surface area contributed by atoms with Gasteiger partial charge in [0.05, 0.1) is 12.6 Å². The smallest absolute Gasteiger partial charge is 0.239 e. The lowest BCUT2D eigenvalue weighted by Gasteiger charge is -2.21. The lowest BCUT2D eigenvalue weighted by Crippen LogP contribution is -2.49. The average Bonchev–Trinajstić information content (AvgIpc) is 2.72. The molecule has 3 amide bonds. The van der Waals surface area contributed by atoms with Crippen LogP contribution in [0.15, 0.2) is 30.3 Å². The van der Waals surface area contributed by atoms with Crippen LogP contribution in [0.5, 0.6) is 0 Å². The fraction of sp³-hybridized carbons (Fsp3) is 0.640. The quantitative estimate of drug-likeness (QED) is 0.284. The molecule has 8 heteroatoms. The maximum absolute atomic E-state index is 12.8. The molecule has 33 heavy (non-hydrogen) atoms. The molecule has 1 atom stereocenters. The van der Waals surface area contributed by atoms with Crippen molar-refractivity contribution >= 4 is 17.7 Å². The molecule has 0 unspecified atom stereocenters. The molecule has 0 heterocycles. The Hall–Kier alpha value is -2.45. The van der Waals surface area contributed by atoms with Crippen molar-refractivity contribution in [1.82, 2.24) is 26.6 Å². The zero-order valence-electron chi connectivity index (χ0n) is 21.1. The largest absolute Gasteiger partial charge is 0.353 e. The van der Waals surface area contributed by atoms with Crippen LogP contribution in [0.25, 0.3) is 0 Å². The van der Waals surface area contributed by atoms with Crippen molar-refractivity contribution in [3.8, 4) is 0 Å². The molecular formula is C25H43N5O3. The number of carbonyl (C=O) groups is 3. The van der Waals surface area contributed by atoms with Crippen LogP contribution in [-0.2, 0) is 20.8 Å². The first-order chi connectivity index (χ1) is 15.4. The zero-order valence-corrected chi connectivity index (χ0v) is 21.1. The predicted octanol–water partition coefficient (Wildman–Crippen LogP) is 1.22. The van der Waals surface area contributed by atoms with Crippen LogP contribution in [0, 0.1) is 10.8 Å². The second-order valence-corrected chi connectivity index (χ2v) is 10.5. The molecule has 1 aromatic rings. The summed E-state index contributed by atoms with van der Waals surface area (Å²) in [6.45, 7) is 14.7. The molecule has 0 bridgehead atoms. The molecule has 0 aliphatic carbocycles. The van der Waals surface area contributed by atoms with E-state index < -0.39 is 11.5 Å². The number of benzene rings is 1. The van der Waals surface area contributed by atoms with E-state index in [1.165, 1.54) is 0 Å². The van der Waals surface area contributed by atoms with Gasteiger partial charge in [-0.1, -0.05) is 71.9 Å². The van der Waals surface area contributed by atoms with Crippen LogP contribution >= 0.6 is 0 Å². The third kappa shape index (κ3) is 13.6. The van der Waals surface area contributed by atoms with Crippen molar-refractivity contribution in [3.05, 3.63) is 35.9 Å².